The summed E-state index contributed by atoms with van der Waals surface area (Å²) in [5.74, 6) is -1.15. The number of allylic oxidation sites excluding steroid dienone is 4. The Morgan fingerprint density at radius 1 is 0.861 bits per heavy atom. The van der Waals surface area contributed by atoms with Crippen molar-refractivity contribution in [1.82, 2.24) is 0 Å². The number of aryl methyl sites for hydroxylation is 1. The van der Waals surface area contributed by atoms with Gasteiger partial charge in [0, 0.05) is 11.1 Å². The van der Waals surface area contributed by atoms with Crippen molar-refractivity contribution in [1.29, 1.82) is 0 Å². The summed E-state index contributed by atoms with van der Waals surface area (Å²) in [6, 6.07) is 15.7. The summed E-state index contributed by atoms with van der Waals surface area (Å²) < 4.78 is 44.5. The van der Waals surface area contributed by atoms with Crippen molar-refractivity contribution < 1.29 is 13.2 Å². The Hall–Kier alpha value is -3.07. The number of hydrogen-bond donors (Lipinski definition) is 0. The Balaban J connectivity index is 1.49. The Morgan fingerprint density at radius 2 is 1.56 bits per heavy atom. The lowest BCUT2D eigenvalue weighted by molar-refractivity contribution is 0.434. The quantitative estimate of drug-likeness (QED) is 0.263. The van der Waals surface area contributed by atoms with Crippen LogP contribution in [0.25, 0.3) is 27.8 Å². The van der Waals surface area contributed by atoms with Gasteiger partial charge < -0.3 is 0 Å². The fraction of sp³-hybridized carbons (Fsp3) is 0.333. The van der Waals surface area contributed by atoms with Crippen molar-refractivity contribution in [3.05, 3.63) is 101 Å². The molecule has 0 fully saturated rings. The van der Waals surface area contributed by atoms with E-state index in [1.807, 2.05) is 31.2 Å². The van der Waals surface area contributed by atoms with E-state index in [0.29, 0.717) is 35.1 Å². The molecule has 3 heteroatoms. The lowest BCUT2D eigenvalue weighted by Gasteiger charge is -2.22. The molecule has 188 valence electrons. The van der Waals surface area contributed by atoms with Gasteiger partial charge in [-0.25, -0.2) is 13.2 Å². The summed E-state index contributed by atoms with van der Waals surface area (Å²) >= 11 is 0. The molecule has 1 aliphatic carbocycles. The highest BCUT2D eigenvalue weighted by Gasteiger charge is 2.17. The van der Waals surface area contributed by atoms with Crippen molar-refractivity contribution >= 4 is 5.57 Å². The van der Waals surface area contributed by atoms with Gasteiger partial charge in [-0.3, -0.25) is 0 Å². The number of hydrogen-bond acceptors (Lipinski definition) is 0. The molecule has 0 saturated carbocycles. The lowest BCUT2D eigenvalue weighted by atomic mass is 9.84. The third-order valence-electron chi connectivity index (χ3n) is 7.31. The molecule has 36 heavy (non-hydrogen) atoms. The SMILES string of the molecule is C/C=C/CCc1ccc(-c2ccc(-c3ccc(C4=CCC(CCCC)CC4)cc3F)cc2)c(F)c1F. The second-order valence-corrected chi connectivity index (χ2v) is 9.79. The first-order chi connectivity index (χ1) is 17.5. The molecule has 0 aromatic heterocycles. The van der Waals surface area contributed by atoms with Gasteiger partial charge in [-0.2, -0.15) is 0 Å². The largest absolute Gasteiger partial charge is 0.206 e. The van der Waals surface area contributed by atoms with Crippen molar-refractivity contribution in [3.8, 4) is 22.3 Å². The molecule has 0 saturated heterocycles. The van der Waals surface area contributed by atoms with E-state index in [1.165, 1.54) is 31.3 Å². The molecule has 0 heterocycles. The minimum atomic E-state index is -0.839. The Morgan fingerprint density at radius 3 is 2.19 bits per heavy atom. The Bertz CT molecular complexity index is 1230. The van der Waals surface area contributed by atoms with Gasteiger partial charge in [0.05, 0.1) is 0 Å². The van der Waals surface area contributed by atoms with Gasteiger partial charge in [0.2, 0.25) is 0 Å². The van der Waals surface area contributed by atoms with Crippen LogP contribution >= 0.6 is 0 Å². The van der Waals surface area contributed by atoms with Crippen LogP contribution in [0, 0.1) is 23.4 Å². The van der Waals surface area contributed by atoms with Crippen LogP contribution in [0.4, 0.5) is 13.2 Å². The van der Waals surface area contributed by atoms with Gasteiger partial charge in [0.25, 0.3) is 0 Å². The maximum Gasteiger partial charge on any atom is 0.166 e. The van der Waals surface area contributed by atoms with Crippen LogP contribution in [-0.4, -0.2) is 0 Å². The summed E-state index contributed by atoms with van der Waals surface area (Å²) in [6.45, 7) is 4.13. The standard InChI is InChI=1S/C33H35F3/c1-3-5-7-9-27-18-21-30(33(36)32(27)35)26-16-14-25(15-17-26)29-20-19-28(22-31(29)34)24-12-10-23(11-13-24)8-6-4-2/h3,5,12,14-23H,4,6-11,13H2,1-2H3/b5-3+. The molecule has 0 bridgehead atoms. The monoisotopic (exact) mass is 488 g/mol. The Labute approximate surface area is 213 Å². The van der Waals surface area contributed by atoms with E-state index in [2.05, 4.69) is 13.0 Å². The van der Waals surface area contributed by atoms with Crippen LogP contribution in [0.3, 0.4) is 0 Å². The van der Waals surface area contributed by atoms with E-state index < -0.39 is 11.6 Å². The first kappa shape index (κ1) is 26.0. The topological polar surface area (TPSA) is 0 Å². The second-order valence-electron chi connectivity index (χ2n) is 9.79. The summed E-state index contributed by atoms with van der Waals surface area (Å²) in [5, 5.41) is 0. The highest BCUT2D eigenvalue weighted by Crippen LogP contribution is 2.35. The maximum absolute atomic E-state index is 15.1. The first-order valence-corrected chi connectivity index (χ1v) is 13.2. The highest BCUT2D eigenvalue weighted by atomic mass is 19.2. The molecule has 1 atom stereocenters. The average Bonchev–Trinajstić information content (AvgIpc) is 2.90. The summed E-state index contributed by atoms with van der Waals surface area (Å²) in [4.78, 5) is 0. The van der Waals surface area contributed by atoms with Crippen molar-refractivity contribution in [2.24, 2.45) is 5.92 Å². The first-order valence-electron chi connectivity index (χ1n) is 13.2. The van der Waals surface area contributed by atoms with Gasteiger partial charge in [-0.05, 0) is 78.8 Å². The average molecular weight is 489 g/mol. The highest BCUT2D eigenvalue weighted by molar-refractivity contribution is 5.74. The Kier molecular flexibility index (Phi) is 8.85. The van der Waals surface area contributed by atoms with Crippen molar-refractivity contribution in [2.75, 3.05) is 0 Å². The third-order valence-corrected chi connectivity index (χ3v) is 7.31. The lowest BCUT2D eigenvalue weighted by Crippen LogP contribution is -2.05. The number of rotatable bonds is 9. The fourth-order valence-electron chi connectivity index (χ4n) is 5.09. The summed E-state index contributed by atoms with van der Waals surface area (Å²) in [7, 11) is 0. The molecule has 1 unspecified atom stereocenters. The van der Waals surface area contributed by atoms with E-state index in [1.54, 1.807) is 42.5 Å². The predicted molar refractivity (Wildman–Crippen MR) is 145 cm³/mol. The number of halogens is 3. The molecule has 0 N–H and O–H groups in total. The molecule has 4 rings (SSSR count). The van der Waals surface area contributed by atoms with Gasteiger partial charge in [0.1, 0.15) is 5.82 Å². The van der Waals surface area contributed by atoms with Gasteiger partial charge in [0.15, 0.2) is 11.6 Å². The molecule has 0 aliphatic heterocycles. The van der Waals surface area contributed by atoms with E-state index in [-0.39, 0.29) is 11.4 Å². The van der Waals surface area contributed by atoms with E-state index in [0.717, 1.165) is 24.3 Å². The van der Waals surface area contributed by atoms with Crippen LogP contribution in [0.2, 0.25) is 0 Å². The number of unbranched alkanes of at least 4 members (excludes halogenated alkanes) is 1. The van der Waals surface area contributed by atoms with Crippen molar-refractivity contribution in [2.45, 2.75) is 65.2 Å². The van der Waals surface area contributed by atoms with E-state index in [4.69, 9.17) is 0 Å². The van der Waals surface area contributed by atoms with Gasteiger partial charge in [-0.15, -0.1) is 0 Å². The molecule has 3 aromatic rings. The molecular formula is C33H35F3. The zero-order valence-electron chi connectivity index (χ0n) is 21.3. The number of benzene rings is 3. The molecule has 0 radical (unpaired) electrons. The van der Waals surface area contributed by atoms with Gasteiger partial charge >= 0.3 is 0 Å². The molecule has 0 spiro atoms. The van der Waals surface area contributed by atoms with Crippen LogP contribution in [0.5, 0.6) is 0 Å². The minimum Gasteiger partial charge on any atom is -0.206 e. The molecular weight excluding hydrogens is 453 g/mol. The molecule has 3 aromatic carbocycles. The van der Waals surface area contributed by atoms with Crippen LogP contribution < -0.4 is 0 Å². The fourth-order valence-corrected chi connectivity index (χ4v) is 5.09. The normalized spacial score (nSPS) is 15.9. The predicted octanol–water partition coefficient (Wildman–Crippen LogP) is 10.3. The zero-order chi connectivity index (χ0) is 25.5. The summed E-state index contributed by atoms with van der Waals surface area (Å²) in [6.07, 6.45) is 14.3. The van der Waals surface area contributed by atoms with Gasteiger partial charge in [-0.1, -0.05) is 92.9 Å². The molecule has 0 amide bonds. The minimum absolute atomic E-state index is 0.214. The zero-order valence-corrected chi connectivity index (χ0v) is 21.3. The van der Waals surface area contributed by atoms with E-state index in [9.17, 15) is 8.78 Å². The van der Waals surface area contributed by atoms with Crippen molar-refractivity contribution in [3.63, 3.8) is 0 Å². The van der Waals surface area contributed by atoms with Crippen LogP contribution in [0.15, 0.2) is 72.8 Å². The third kappa shape index (κ3) is 6.00. The second kappa shape index (κ2) is 12.3. The molecule has 0 nitrogen and oxygen atoms in total. The van der Waals surface area contributed by atoms with Crippen LogP contribution in [0.1, 0.15) is 69.9 Å². The van der Waals surface area contributed by atoms with Crippen LogP contribution in [-0.2, 0) is 6.42 Å². The van der Waals surface area contributed by atoms with E-state index >= 15 is 4.39 Å². The maximum atomic E-state index is 15.1. The smallest absolute Gasteiger partial charge is 0.166 e. The molecule has 1 aliphatic rings. The summed E-state index contributed by atoms with van der Waals surface area (Å²) in [5.41, 5.74) is 4.56.